The van der Waals surface area contributed by atoms with Crippen LogP contribution in [0.2, 0.25) is 10.0 Å². The minimum atomic E-state index is -0.751. The van der Waals surface area contributed by atoms with Crippen molar-refractivity contribution in [1.29, 1.82) is 0 Å². The molecule has 8 heteroatoms. The molecule has 0 saturated heterocycles. The molecule has 0 atom stereocenters. The standard InChI is InChI=1S/C27H24Cl2N2O4/c1-27(2,3)25(33)24-23(30-21(32)14-34-4)19-13-18(15-9-11-16(28)12-10-15)22(31-26(19)35-24)17-7-5-6-8-20(17)29/h5-13H,14H2,1-4H3,(H,30,32). The Morgan fingerprint density at radius 1 is 1.03 bits per heavy atom. The van der Waals surface area contributed by atoms with Crippen molar-refractivity contribution in [1.82, 2.24) is 4.98 Å². The molecule has 0 bridgehead atoms. The Bertz CT molecular complexity index is 1420. The molecule has 4 aromatic rings. The molecule has 4 rings (SSSR count). The van der Waals surface area contributed by atoms with Gasteiger partial charge in [0.2, 0.25) is 17.4 Å². The van der Waals surface area contributed by atoms with E-state index in [1.54, 1.807) is 39.0 Å². The van der Waals surface area contributed by atoms with Gasteiger partial charge in [-0.05, 0) is 29.8 Å². The molecular weight excluding hydrogens is 487 g/mol. The quantitative estimate of drug-likeness (QED) is 0.275. The van der Waals surface area contributed by atoms with Gasteiger partial charge in [-0.2, -0.15) is 0 Å². The number of methoxy groups -OCH3 is 1. The van der Waals surface area contributed by atoms with E-state index in [0.717, 1.165) is 11.1 Å². The molecule has 2 heterocycles. The number of halogens is 2. The number of rotatable bonds is 6. The minimum Gasteiger partial charge on any atom is -0.432 e. The summed E-state index contributed by atoms with van der Waals surface area (Å²) in [5.41, 5.74) is 2.56. The third-order valence-electron chi connectivity index (χ3n) is 5.39. The number of carbonyl (C=O) groups excluding carboxylic acids is 2. The Balaban J connectivity index is 2.04. The molecule has 2 aromatic carbocycles. The molecule has 0 aliphatic carbocycles. The number of benzene rings is 2. The predicted molar refractivity (Wildman–Crippen MR) is 139 cm³/mol. The number of fused-ring (bicyclic) bond motifs is 1. The van der Waals surface area contributed by atoms with Gasteiger partial charge in [0.1, 0.15) is 12.3 Å². The SMILES string of the molecule is COCC(=O)Nc1c(C(=O)C(C)(C)C)oc2nc(-c3ccccc3Cl)c(-c3ccc(Cl)cc3)cc12. The second-order valence-electron chi connectivity index (χ2n) is 9.09. The lowest BCUT2D eigenvalue weighted by Gasteiger charge is -2.15. The third-order valence-corrected chi connectivity index (χ3v) is 5.98. The van der Waals surface area contributed by atoms with Crippen molar-refractivity contribution in [2.75, 3.05) is 19.0 Å². The molecule has 0 fully saturated rings. The second kappa shape index (κ2) is 9.82. The van der Waals surface area contributed by atoms with Crippen LogP contribution in [-0.2, 0) is 9.53 Å². The van der Waals surface area contributed by atoms with Crippen LogP contribution in [0, 0.1) is 5.41 Å². The highest BCUT2D eigenvalue weighted by Gasteiger charge is 2.32. The number of furan rings is 1. The first-order chi connectivity index (χ1) is 16.6. The van der Waals surface area contributed by atoms with Gasteiger partial charge in [-0.15, -0.1) is 0 Å². The molecule has 0 aliphatic rings. The number of aromatic nitrogens is 1. The average molecular weight is 511 g/mol. The molecular formula is C27H24Cl2N2O4. The maximum Gasteiger partial charge on any atom is 0.250 e. The lowest BCUT2D eigenvalue weighted by atomic mass is 9.88. The smallest absolute Gasteiger partial charge is 0.250 e. The molecule has 0 radical (unpaired) electrons. The number of carbonyl (C=O) groups is 2. The van der Waals surface area contributed by atoms with Gasteiger partial charge in [0.05, 0.1) is 11.1 Å². The maximum absolute atomic E-state index is 13.3. The van der Waals surface area contributed by atoms with Crippen LogP contribution in [0.1, 0.15) is 31.3 Å². The van der Waals surface area contributed by atoms with Gasteiger partial charge in [-0.1, -0.05) is 74.3 Å². The van der Waals surface area contributed by atoms with Crippen molar-refractivity contribution >= 4 is 51.7 Å². The van der Waals surface area contributed by atoms with E-state index in [0.29, 0.717) is 26.7 Å². The second-order valence-corrected chi connectivity index (χ2v) is 9.93. The Hall–Kier alpha value is -3.19. The number of nitrogens with zero attached hydrogens (tertiary/aromatic N) is 1. The number of ketones is 1. The first-order valence-corrected chi connectivity index (χ1v) is 11.7. The summed E-state index contributed by atoms with van der Waals surface area (Å²) in [6, 6.07) is 16.5. The Kier molecular flexibility index (Phi) is 6.99. The predicted octanol–water partition coefficient (Wildman–Crippen LogP) is 7.28. The van der Waals surface area contributed by atoms with Gasteiger partial charge in [0.25, 0.3) is 0 Å². The van der Waals surface area contributed by atoms with E-state index in [-0.39, 0.29) is 29.6 Å². The third kappa shape index (κ3) is 5.10. The fourth-order valence-electron chi connectivity index (χ4n) is 3.66. The maximum atomic E-state index is 13.3. The fraction of sp³-hybridized carbons (Fsp3) is 0.222. The number of hydrogen-bond donors (Lipinski definition) is 1. The summed E-state index contributed by atoms with van der Waals surface area (Å²) < 4.78 is 11.0. The first-order valence-electron chi connectivity index (χ1n) is 10.9. The van der Waals surface area contributed by atoms with Crippen molar-refractivity contribution in [2.45, 2.75) is 20.8 Å². The van der Waals surface area contributed by atoms with E-state index < -0.39 is 11.3 Å². The van der Waals surface area contributed by atoms with Crippen molar-refractivity contribution < 1.29 is 18.7 Å². The zero-order chi connectivity index (χ0) is 25.3. The molecule has 1 amide bonds. The van der Waals surface area contributed by atoms with Gasteiger partial charge in [-0.25, -0.2) is 4.98 Å². The van der Waals surface area contributed by atoms with Crippen LogP contribution in [0.3, 0.4) is 0 Å². The van der Waals surface area contributed by atoms with E-state index in [1.165, 1.54) is 7.11 Å². The number of amides is 1. The Morgan fingerprint density at radius 2 is 1.71 bits per heavy atom. The van der Waals surface area contributed by atoms with Crippen LogP contribution in [0.4, 0.5) is 5.69 Å². The summed E-state index contributed by atoms with van der Waals surface area (Å²) in [7, 11) is 1.42. The first kappa shape index (κ1) is 24.9. The highest BCUT2D eigenvalue weighted by atomic mass is 35.5. The Morgan fingerprint density at radius 3 is 2.34 bits per heavy atom. The summed E-state index contributed by atoms with van der Waals surface area (Å²) >= 11 is 12.6. The average Bonchev–Trinajstić information content (AvgIpc) is 3.15. The van der Waals surface area contributed by atoms with Gasteiger partial charge < -0.3 is 14.5 Å². The zero-order valence-electron chi connectivity index (χ0n) is 19.7. The number of Topliss-reactive ketones (excluding diaryl/α,β-unsaturated/α-hetero) is 1. The summed E-state index contributed by atoms with van der Waals surface area (Å²) in [6.07, 6.45) is 0. The van der Waals surface area contributed by atoms with Crippen molar-refractivity contribution in [3.63, 3.8) is 0 Å². The van der Waals surface area contributed by atoms with E-state index in [2.05, 4.69) is 5.32 Å². The topological polar surface area (TPSA) is 81.4 Å². The highest BCUT2D eigenvalue weighted by Crippen LogP contribution is 2.41. The van der Waals surface area contributed by atoms with Gasteiger partial charge in [-0.3, -0.25) is 9.59 Å². The summed E-state index contributed by atoms with van der Waals surface area (Å²) in [5.74, 6) is -0.653. The fourth-order valence-corrected chi connectivity index (χ4v) is 4.01. The van der Waals surface area contributed by atoms with Crippen molar-refractivity contribution in [3.05, 3.63) is 70.4 Å². The van der Waals surface area contributed by atoms with Crippen molar-refractivity contribution in [2.24, 2.45) is 5.41 Å². The molecule has 35 heavy (non-hydrogen) atoms. The normalized spacial score (nSPS) is 11.6. The summed E-state index contributed by atoms with van der Waals surface area (Å²) in [4.78, 5) is 30.5. The van der Waals surface area contributed by atoms with E-state index in [9.17, 15) is 9.59 Å². The molecule has 0 aliphatic heterocycles. The Labute approximate surface area is 213 Å². The number of pyridine rings is 1. The van der Waals surface area contributed by atoms with Crippen LogP contribution in [0.25, 0.3) is 33.5 Å². The summed E-state index contributed by atoms with van der Waals surface area (Å²) in [5, 5.41) is 4.38. The van der Waals surface area contributed by atoms with Gasteiger partial charge >= 0.3 is 0 Å². The van der Waals surface area contributed by atoms with E-state index in [4.69, 9.17) is 37.3 Å². The van der Waals surface area contributed by atoms with Crippen LogP contribution < -0.4 is 5.32 Å². The monoisotopic (exact) mass is 510 g/mol. The van der Waals surface area contributed by atoms with Crippen molar-refractivity contribution in [3.8, 4) is 22.4 Å². The van der Waals surface area contributed by atoms with E-state index >= 15 is 0 Å². The van der Waals surface area contributed by atoms with Crippen LogP contribution >= 0.6 is 23.2 Å². The van der Waals surface area contributed by atoms with Crippen LogP contribution in [-0.4, -0.2) is 30.4 Å². The molecule has 1 N–H and O–H groups in total. The molecule has 180 valence electrons. The molecule has 0 spiro atoms. The number of nitrogens with one attached hydrogen (secondary N) is 1. The summed E-state index contributed by atoms with van der Waals surface area (Å²) in [6.45, 7) is 5.17. The minimum absolute atomic E-state index is 0.0304. The number of hydrogen-bond acceptors (Lipinski definition) is 5. The number of ether oxygens (including phenoxy) is 1. The lowest BCUT2D eigenvalue weighted by molar-refractivity contribution is -0.119. The molecule has 2 aromatic heterocycles. The van der Waals surface area contributed by atoms with E-state index in [1.807, 2.05) is 36.4 Å². The van der Waals surface area contributed by atoms with Gasteiger partial charge in [0.15, 0.2) is 5.76 Å². The zero-order valence-corrected chi connectivity index (χ0v) is 21.3. The van der Waals surface area contributed by atoms with Crippen LogP contribution in [0.15, 0.2) is 59.0 Å². The molecule has 0 unspecified atom stereocenters. The van der Waals surface area contributed by atoms with Crippen LogP contribution in [0.5, 0.6) is 0 Å². The highest BCUT2D eigenvalue weighted by molar-refractivity contribution is 6.33. The van der Waals surface area contributed by atoms with Gasteiger partial charge in [0, 0.05) is 33.7 Å². The molecule has 6 nitrogen and oxygen atoms in total. The lowest BCUT2D eigenvalue weighted by Crippen LogP contribution is -2.23. The number of anilines is 1. The largest absolute Gasteiger partial charge is 0.432 e. The molecule has 0 saturated carbocycles.